The molecule has 0 bridgehead atoms. The number of aromatic amines is 1. The van der Waals surface area contributed by atoms with Crippen LogP contribution in [-0.4, -0.2) is 236 Å². The van der Waals surface area contributed by atoms with Crippen LogP contribution in [0.1, 0.15) is 169 Å². The molecule has 1 aliphatic heterocycles. The van der Waals surface area contributed by atoms with E-state index >= 15 is 0 Å². The summed E-state index contributed by atoms with van der Waals surface area (Å²) >= 11 is 0. The summed E-state index contributed by atoms with van der Waals surface area (Å²) in [4.78, 5) is 273. The molecule has 15 amide bonds. The van der Waals surface area contributed by atoms with Crippen molar-refractivity contribution in [3.05, 3.63) is 36.0 Å². The minimum absolute atomic E-state index is 0.00155. The van der Waals surface area contributed by atoms with Crippen LogP contribution in [0, 0.1) is 11.8 Å². The Hall–Kier alpha value is -11.9. The van der Waals surface area contributed by atoms with Crippen LogP contribution in [-0.2, 0) is 107 Å². The van der Waals surface area contributed by atoms with E-state index in [0.29, 0.717) is 35.2 Å². The molecule has 42 nitrogen and oxygen atoms in total. The summed E-state index contributed by atoms with van der Waals surface area (Å²) in [5.74, 6) is -27.8. The Kier molecular flexibility index (Phi) is 41.1. The number of unbranched alkanes of at least 4 members (excludes halogenated alkanes) is 5. The second-order valence-corrected chi connectivity index (χ2v) is 27.6. The van der Waals surface area contributed by atoms with Crippen LogP contribution in [0.5, 0.6) is 0 Å². The van der Waals surface area contributed by atoms with E-state index in [9.17, 15) is 116 Å². The fraction of sp³-hybridized carbons (Fsp3) is 0.606. The van der Waals surface area contributed by atoms with Gasteiger partial charge in [-0.2, -0.15) is 0 Å². The highest BCUT2D eigenvalue weighted by Gasteiger charge is 2.41. The summed E-state index contributed by atoms with van der Waals surface area (Å²) in [6.07, 6.45) is -1.26. The number of ether oxygens (including phenoxy) is 1. The zero-order valence-corrected chi connectivity index (χ0v) is 63.8. The molecule has 24 N–H and O–H groups in total. The van der Waals surface area contributed by atoms with E-state index in [1.54, 1.807) is 30.5 Å². The molecule has 14 atom stereocenters. The first-order valence-corrected chi connectivity index (χ1v) is 37.0. The lowest BCUT2D eigenvalue weighted by Gasteiger charge is -2.30. The Morgan fingerprint density at radius 2 is 1.04 bits per heavy atom. The number of para-hydroxylation sites is 1. The second-order valence-electron chi connectivity index (χ2n) is 27.6. The van der Waals surface area contributed by atoms with Gasteiger partial charge in [0.05, 0.1) is 45.2 Å². The van der Waals surface area contributed by atoms with E-state index in [1.165, 1.54) is 13.8 Å². The molecular formula is C71H107N17O25. The number of benzene rings is 1. The number of esters is 1. The lowest BCUT2D eigenvalue weighted by molar-refractivity contribution is -0.157. The van der Waals surface area contributed by atoms with Crippen molar-refractivity contribution in [1.82, 2.24) is 74.1 Å². The standard InChI is InChI=1S/C71H107N17O25/c1-7-35(3)18-13-11-9-10-12-14-22-52(91)80-44(26-39-32-75-41-20-16-15-19-40(39)41)66(107)84-46(28-51(74)90)68(109)86-49(31-58(100)101)69(110)88-60-38(6)113-71(112)59(36(4)8-2)87-64(105)43(23-24-55(94)95)82-67(108)45(27-50(73)89)81-54(93)33-76-62(103)47(29-56(96)97)83-61(102)37(5)78-65(106)48(30-57(98)99)85-63(104)42(21-17-25-72)79-53(92)34-77-70(60)111/h15-16,19-20,32,35-38,42-49,59-60,75H,7-14,17-18,21-31,33-34,72H2,1-6H3,(H2,73,89)(H2,74,90)(H,76,103)(H,77,111)(H,78,106)(H,79,92)(H,80,91)(H,81,93)(H,82,108)(H,83,102)(H,84,107)(H,85,104)(H,86,109)(H,87,105)(H,88,110)(H,94,95)(H,96,97)(H,98,99)(H,100,101). The number of nitrogens with two attached hydrogens (primary N) is 3. The zero-order chi connectivity index (χ0) is 84.8. The van der Waals surface area contributed by atoms with E-state index in [2.05, 4.69) is 77.3 Å². The molecule has 1 aromatic heterocycles. The molecule has 3 rings (SSSR count). The molecule has 113 heavy (non-hydrogen) atoms. The average molecular weight is 1600 g/mol. The quantitative estimate of drug-likeness (QED) is 0.0223. The van der Waals surface area contributed by atoms with Crippen LogP contribution in [0.3, 0.4) is 0 Å². The number of aromatic nitrogens is 1. The number of hydrogen-bond acceptors (Lipinski definition) is 22. The molecule has 0 spiro atoms. The summed E-state index contributed by atoms with van der Waals surface area (Å²) in [6, 6.07) is -14.7. The van der Waals surface area contributed by atoms with Crippen molar-refractivity contribution in [2.24, 2.45) is 29.0 Å². The summed E-state index contributed by atoms with van der Waals surface area (Å²) in [5, 5.41) is 68.5. The number of carboxylic acid groups (broad SMARTS) is 4. The van der Waals surface area contributed by atoms with Gasteiger partial charge >= 0.3 is 29.8 Å². The molecule has 2 aromatic rings. The Balaban J connectivity index is 2.19. The van der Waals surface area contributed by atoms with Crippen LogP contribution in [0.2, 0.25) is 0 Å². The van der Waals surface area contributed by atoms with Gasteiger partial charge in [0, 0.05) is 36.4 Å². The van der Waals surface area contributed by atoms with E-state index < -0.39 is 255 Å². The molecule has 14 unspecified atom stereocenters. The third kappa shape index (κ3) is 34.9. The van der Waals surface area contributed by atoms with E-state index in [0.717, 1.165) is 52.4 Å². The second kappa shape index (κ2) is 48.7. The number of carboxylic acids is 4. The SMILES string of the molecule is CCC(C)CCCCCCCCC(=O)NC(Cc1c[nH]c2ccccc12)C(=O)NC(CC(N)=O)C(=O)NC(CC(=O)O)C(=O)NC1C(=O)NCC(=O)NC(CCCN)C(=O)NC(CC(=O)O)C(=O)NC(C)C(=O)NC(CC(=O)O)C(=O)NCC(=O)NC(CC(N)=O)C(=O)NC(CCC(=O)O)C(=O)NC(C(C)CC)C(=O)OC1C. The number of H-pyrrole nitrogens is 1. The number of cyclic esters (lactones) is 1. The van der Waals surface area contributed by atoms with Crippen LogP contribution >= 0.6 is 0 Å². The number of carbonyl (C=O) groups excluding carboxylic acids is 16. The van der Waals surface area contributed by atoms with Crippen molar-refractivity contribution in [2.75, 3.05) is 19.6 Å². The number of fused-ring (bicyclic) bond motifs is 1. The Bertz CT molecular complexity index is 3740. The summed E-state index contributed by atoms with van der Waals surface area (Å²) < 4.78 is 5.71. The molecular weight excluding hydrogens is 1490 g/mol. The highest BCUT2D eigenvalue weighted by atomic mass is 16.5. The molecule has 0 radical (unpaired) electrons. The number of amides is 15. The smallest absolute Gasteiger partial charge is 0.329 e. The molecule has 1 aromatic carbocycles. The van der Waals surface area contributed by atoms with Gasteiger partial charge in [0.1, 0.15) is 72.6 Å². The van der Waals surface area contributed by atoms with Crippen molar-refractivity contribution < 1.29 is 121 Å². The number of hydrogen-bond donors (Lipinski definition) is 21. The number of carbonyl (C=O) groups is 20. The fourth-order valence-electron chi connectivity index (χ4n) is 11.5. The first-order chi connectivity index (χ1) is 53.3. The minimum atomic E-state index is -2.33. The van der Waals surface area contributed by atoms with Crippen molar-refractivity contribution in [3.63, 3.8) is 0 Å². The molecule has 1 saturated heterocycles. The zero-order valence-electron chi connectivity index (χ0n) is 63.8. The first kappa shape index (κ1) is 95.3. The number of primary amides is 2. The van der Waals surface area contributed by atoms with E-state index in [1.807, 2.05) is 10.6 Å². The van der Waals surface area contributed by atoms with Crippen LogP contribution in [0.25, 0.3) is 10.9 Å². The molecule has 42 heteroatoms. The van der Waals surface area contributed by atoms with Gasteiger partial charge in [-0.25, -0.2) is 4.79 Å². The van der Waals surface area contributed by atoms with Gasteiger partial charge in [-0.3, -0.25) is 91.1 Å². The van der Waals surface area contributed by atoms with E-state index in [-0.39, 0.29) is 38.6 Å². The molecule has 2 heterocycles. The predicted molar refractivity (Wildman–Crippen MR) is 396 cm³/mol. The summed E-state index contributed by atoms with van der Waals surface area (Å²) in [5.41, 5.74) is 17.9. The number of rotatable bonds is 37. The molecule has 0 aliphatic carbocycles. The van der Waals surface area contributed by atoms with Crippen molar-refractivity contribution in [1.29, 1.82) is 0 Å². The molecule has 1 fully saturated rings. The lowest BCUT2D eigenvalue weighted by Crippen LogP contribution is -2.62. The third-order valence-corrected chi connectivity index (χ3v) is 18.3. The number of nitrogens with one attached hydrogen (secondary N) is 14. The molecule has 1 aliphatic rings. The van der Waals surface area contributed by atoms with Gasteiger partial charge in [0.2, 0.25) is 88.6 Å². The first-order valence-electron chi connectivity index (χ1n) is 37.0. The van der Waals surface area contributed by atoms with E-state index in [4.69, 9.17) is 21.9 Å². The number of aliphatic carboxylic acids is 4. The lowest BCUT2D eigenvalue weighted by atomic mass is 9.98. The van der Waals surface area contributed by atoms with Gasteiger partial charge in [0.25, 0.3) is 0 Å². The van der Waals surface area contributed by atoms with Crippen LogP contribution < -0.4 is 86.3 Å². The van der Waals surface area contributed by atoms with Crippen molar-refractivity contribution in [3.8, 4) is 0 Å². The largest absolute Gasteiger partial charge is 0.481 e. The topological polar surface area (TPSA) is 682 Å². The van der Waals surface area contributed by atoms with Gasteiger partial charge in [-0.1, -0.05) is 97.3 Å². The summed E-state index contributed by atoms with van der Waals surface area (Å²) in [6.45, 7) is 6.68. The van der Waals surface area contributed by atoms with Crippen LogP contribution in [0.4, 0.5) is 0 Å². The molecule has 626 valence electrons. The Morgan fingerprint density at radius 3 is 1.63 bits per heavy atom. The predicted octanol–water partition coefficient (Wildman–Crippen LogP) is -4.77. The molecule has 0 saturated carbocycles. The monoisotopic (exact) mass is 1600 g/mol. The highest BCUT2D eigenvalue weighted by Crippen LogP contribution is 2.21. The maximum Gasteiger partial charge on any atom is 0.329 e. The highest BCUT2D eigenvalue weighted by molar-refractivity contribution is 6.02. The van der Waals surface area contributed by atoms with Crippen molar-refractivity contribution in [2.45, 2.75) is 243 Å². The van der Waals surface area contributed by atoms with Gasteiger partial charge in [-0.05, 0) is 69.5 Å². The van der Waals surface area contributed by atoms with Crippen LogP contribution in [0.15, 0.2) is 30.5 Å². The van der Waals surface area contributed by atoms with Gasteiger partial charge < -0.3 is 116 Å². The maximum atomic E-state index is 14.7. The maximum absolute atomic E-state index is 14.7. The fourth-order valence-corrected chi connectivity index (χ4v) is 11.5. The Morgan fingerprint density at radius 1 is 0.522 bits per heavy atom. The minimum Gasteiger partial charge on any atom is -0.481 e. The van der Waals surface area contributed by atoms with Gasteiger partial charge in [0.15, 0.2) is 0 Å². The average Bonchev–Trinajstić information content (AvgIpc) is 1.20. The van der Waals surface area contributed by atoms with Crippen molar-refractivity contribution >= 4 is 129 Å². The Labute approximate surface area is 649 Å². The third-order valence-electron chi connectivity index (χ3n) is 18.3. The van der Waals surface area contributed by atoms with Gasteiger partial charge in [-0.15, -0.1) is 0 Å². The summed E-state index contributed by atoms with van der Waals surface area (Å²) in [7, 11) is 0. The normalized spacial score (nSPS) is 21.7.